The number of fused-ring (bicyclic) bond motifs is 2. The van der Waals surface area contributed by atoms with Gasteiger partial charge in [0.1, 0.15) is 10.1 Å². The fourth-order valence-electron chi connectivity index (χ4n) is 2.16. The molecule has 0 aliphatic heterocycles. The van der Waals surface area contributed by atoms with E-state index in [4.69, 9.17) is 0 Å². The molecule has 19 heavy (non-hydrogen) atoms. The topological polar surface area (TPSA) is 57.2 Å². The minimum atomic E-state index is -4.45. The van der Waals surface area contributed by atoms with E-state index in [-0.39, 0.29) is 56.3 Å². The molecule has 5 heteroatoms. The van der Waals surface area contributed by atoms with E-state index in [1.807, 2.05) is 30.3 Å². The average Bonchev–Trinajstić information content (AvgIpc) is 2.34. The maximum absolute atomic E-state index is 11.2. The summed E-state index contributed by atoms with van der Waals surface area (Å²) in [5, 5.41) is 3.17. The van der Waals surface area contributed by atoms with E-state index in [1.165, 1.54) is 6.07 Å². The van der Waals surface area contributed by atoms with E-state index in [1.54, 1.807) is 18.2 Å². The van der Waals surface area contributed by atoms with Crippen molar-refractivity contribution in [3.63, 3.8) is 0 Å². The predicted molar refractivity (Wildman–Crippen MR) is 69.4 cm³/mol. The van der Waals surface area contributed by atoms with Crippen molar-refractivity contribution in [2.24, 2.45) is 0 Å². The predicted octanol–water partition coefficient (Wildman–Crippen LogP) is -0.0989. The molecule has 0 unspecified atom stereocenters. The van der Waals surface area contributed by atoms with Crippen LogP contribution in [-0.4, -0.2) is 13.0 Å². The molecule has 0 N–H and O–H groups in total. The zero-order valence-corrected chi connectivity index (χ0v) is 14.3. The van der Waals surface area contributed by atoms with E-state index in [2.05, 4.69) is 0 Å². The van der Waals surface area contributed by atoms with Gasteiger partial charge in [-0.1, -0.05) is 36.4 Å². The Bertz CT molecular complexity index is 857. The second kappa shape index (κ2) is 5.61. The molecular weight excluding hydrogens is 287 g/mol. The molecule has 0 atom stereocenters. The van der Waals surface area contributed by atoms with Gasteiger partial charge < -0.3 is 4.55 Å². The van der Waals surface area contributed by atoms with Crippen LogP contribution in [0.1, 0.15) is 0 Å². The van der Waals surface area contributed by atoms with Crippen LogP contribution in [0.5, 0.6) is 0 Å². The Kier molecular flexibility index (Phi) is 4.47. The fourth-order valence-corrected chi connectivity index (χ4v) is 2.85. The van der Waals surface area contributed by atoms with E-state index in [9.17, 15) is 13.0 Å². The standard InChI is InChI=1S/C14H10O3S.K/c15-18(16,17)14-7-3-6-12-8-10-4-1-2-5-11(10)9-13(12)14;/h1-9H,(H,15,16,17);/q;+1/p-1. The summed E-state index contributed by atoms with van der Waals surface area (Å²) in [6.45, 7) is 0. The largest absolute Gasteiger partial charge is 1.00 e. The first kappa shape index (κ1) is 15.1. The first-order valence-corrected chi connectivity index (χ1v) is 6.84. The quantitative estimate of drug-likeness (QED) is 0.358. The van der Waals surface area contributed by atoms with Gasteiger partial charge in [0.2, 0.25) is 0 Å². The Hall–Kier alpha value is -0.274. The first-order valence-electron chi connectivity index (χ1n) is 5.43. The molecule has 0 radical (unpaired) electrons. The minimum absolute atomic E-state index is 0. The molecule has 0 amide bonds. The zero-order valence-electron chi connectivity index (χ0n) is 10.3. The Morgan fingerprint density at radius 1 is 0.789 bits per heavy atom. The SMILES string of the molecule is O=S(=O)([O-])c1cccc2cc3ccccc3cc12.[K+]. The van der Waals surface area contributed by atoms with Gasteiger partial charge in [0.15, 0.2) is 0 Å². The third-order valence-electron chi connectivity index (χ3n) is 2.98. The van der Waals surface area contributed by atoms with Crippen molar-refractivity contribution < 1.29 is 64.4 Å². The summed E-state index contributed by atoms with van der Waals surface area (Å²) in [4.78, 5) is -0.161. The molecular formula is C14H9KO3S. The first-order chi connectivity index (χ1) is 8.55. The molecule has 0 heterocycles. The van der Waals surface area contributed by atoms with Crippen LogP contribution in [0.25, 0.3) is 21.5 Å². The van der Waals surface area contributed by atoms with Crippen molar-refractivity contribution in [1.82, 2.24) is 0 Å². The smallest absolute Gasteiger partial charge is 0.744 e. The maximum atomic E-state index is 11.2. The molecule has 3 aromatic rings. The molecule has 0 aliphatic carbocycles. The van der Waals surface area contributed by atoms with Gasteiger partial charge in [0.05, 0.1) is 4.90 Å². The van der Waals surface area contributed by atoms with Crippen LogP contribution in [0.2, 0.25) is 0 Å². The van der Waals surface area contributed by atoms with Gasteiger partial charge in [0, 0.05) is 0 Å². The fraction of sp³-hybridized carbons (Fsp3) is 0. The van der Waals surface area contributed by atoms with Crippen LogP contribution >= 0.6 is 0 Å². The molecule has 90 valence electrons. The van der Waals surface area contributed by atoms with Crippen LogP contribution in [0.15, 0.2) is 59.5 Å². The molecule has 0 saturated heterocycles. The Morgan fingerprint density at radius 2 is 1.37 bits per heavy atom. The maximum Gasteiger partial charge on any atom is 1.00 e. The van der Waals surface area contributed by atoms with Gasteiger partial charge in [0.25, 0.3) is 0 Å². The zero-order chi connectivity index (χ0) is 12.8. The summed E-state index contributed by atoms with van der Waals surface area (Å²) in [5.41, 5.74) is 0. The summed E-state index contributed by atoms with van der Waals surface area (Å²) in [6, 6.07) is 16.0. The summed E-state index contributed by atoms with van der Waals surface area (Å²) in [5.74, 6) is 0. The van der Waals surface area contributed by atoms with E-state index in [0.717, 1.165) is 16.2 Å². The molecule has 0 fully saturated rings. The van der Waals surface area contributed by atoms with Crippen LogP contribution in [0, 0.1) is 0 Å². The third kappa shape index (κ3) is 2.92. The van der Waals surface area contributed by atoms with Crippen molar-refractivity contribution in [3.05, 3.63) is 54.6 Å². The van der Waals surface area contributed by atoms with Gasteiger partial charge in [-0.3, -0.25) is 0 Å². The second-order valence-electron chi connectivity index (χ2n) is 4.13. The molecule has 3 nitrogen and oxygen atoms in total. The summed E-state index contributed by atoms with van der Waals surface area (Å²) < 4.78 is 33.7. The number of benzene rings is 3. The number of hydrogen-bond acceptors (Lipinski definition) is 3. The van der Waals surface area contributed by atoms with Crippen molar-refractivity contribution >= 4 is 31.7 Å². The number of hydrogen-bond donors (Lipinski definition) is 0. The van der Waals surface area contributed by atoms with Crippen LogP contribution < -0.4 is 51.4 Å². The molecule has 0 aromatic heterocycles. The van der Waals surface area contributed by atoms with Gasteiger partial charge in [-0.05, 0) is 39.7 Å². The normalized spacial score (nSPS) is 11.4. The Balaban J connectivity index is 0.00000133. The van der Waals surface area contributed by atoms with Crippen molar-refractivity contribution in [3.8, 4) is 0 Å². The molecule has 3 aromatic carbocycles. The molecule has 0 bridgehead atoms. The summed E-state index contributed by atoms with van der Waals surface area (Å²) in [6.07, 6.45) is 0. The van der Waals surface area contributed by atoms with Gasteiger partial charge >= 0.3 is 51.4 Å². The van der Waals surface area contributed by atoms with E-state index < -0.39 is 10.1 Å². The van der Waals surface area contributed by atoms with Crippen LogP contribution in [-0.2, 0) is 10.1 Å². The molecule has 0 aliphatic rings. The number of rotatable bonds is 1. The molecule has 3 rings (SSSR count). The Morgan fingerprint density at radius 3 is 2.00 bits per heavy atom. The molecule has 0 saturated carbocycles. The second-order valence-corrected chi connectivity index (χ2v) is 5.48. The van der Waals surface area contributed by atoms with Crippen molar-refractivity contribution in [2.45, 2.75) is 4.90 Å². The minimum Gasteiger partial charge on any atom is -0.744 e. The van der Waals surface area contributed by atoms with Crippen LogP contribution in [0.4, 0.5) is 0 Å². The monoisotopic (exact) mass is 296 g/mol. The van der Waals surface area contributed by atoms with E-state index >= 15 is 0 Å². The van der Waals surface area contributed by atoms with Gasteiger partial charge in [-0.2, -0.15) is 0 Å². The average molecular weight is 296 g/mol. The summed E-state index contributed by atoms with van der Waals surface area (Å²) in [7, 11) is -4.45. The van der Waals surface area contributed by atoms with E-state index in [0.29, 0.717) is 5.39 Å². The molecule has 0 spiro atoms. The van der Waals surface area contributed by atoms with Crippen LogP contribution in [0.3, 0.4) is 0 Å². The van der Waals surface area contributed by atoms with Crippen molar-refractivity contribution in [1.29, 1.82) is 0 Å². The van der Waals surface area contributed by atoms with Gasteiger partial charge in [-0.25, -0.2) is 8.42 Å². The van der Waals surface area contributed by atoms with Crippen molar-refractivity contribution in [2.75, 3.05) is 0 Å². The summed E-state index contributed by atoms with van der Waals surface area (Å²) >= 11 is 0. The third-order valence-corrected chi connectivity index (χ3v) is 3.87. The van der Waals surface area contributed by atoms with Gasteiger partial charge in [-0.15, -0.1) is 0 Å². The Labute approximate surface area is 153 Å².